The number of hydrogen-bond donors (Lipinski definition) is 2. The van der Waals surface area contributed by atoms with Crippen molar-refractivity contribution in [3.63, 3.8) is 0 Å². The van der Waals surface area contributed by atoms with Gasteiger partial charge >= 0.3 is 0 Å². The summed E-state index contributed by atoms with van der Waals surface area (Å²) in [6, 6.07) is 5.57. The molecule has 0 radical (unpaired) electrons. The molecule has 25 heavy (non-hydrogen) atoms. The number of rotatable bonds is 9. The highest BCUT2D eigenvalue weighted by Gasteiger charge is 2.06. The minimum absolute atomic E-state index is 0. The summed E-state index contributed by atoms with van der Waals surface area (Å²) in [5.74, 6) is 0.961. The molecule has 144 valence electrons. The van der Waals surface area contributed by atoms with Crippen molar-refractivity contribution in [1.29, 1.82) is 0 Å². The molecule has 0 saturated carbocycles. The summed E-state index contributed by atoms with van der Waals surface area (Å²) in [4.78, 5) is 6.26. The molecule has 0 saturated heterocycles. The van der Waals surface area contributed by atoms with E-state index in [9.17, 15) is 4.39 Å². The van der Waals surface area contributed by atoms with Gasteiger partial charge in [-0.15, -0.1) is 24.0 Å². The first-order valence-electron chi connectivity index (χ1n) is 8.76. The van der Waals surface area contributed by atoms with Gasteiger partial charge in [-0.1, -0.05) is 38.8 Å². The molecule has 0 bridgehead atoms. The van der Waals surface area contributed by atoms with E-state index >= 15 is 0 Å². The maximum atomic E-state index is 14.0. The summed E-state index contributed by atoms with van der Waals surface area (Å²) < 4.78 is 14.0. The zero-order chi connectivity index (χ0) is 18.1. The lowest BCUT2D eigenvalue weighted by atomic mass is 10.0. The number of nitrogens with one attached hydrogen (secondary N) is 1. The third-order valence-electron chi connectivity index (χ3n) is 3.85. The summed E-state index contributed by atoms with van der Waals surface area (Å²) in [5.41, 5.74) is 7.44. The number of guanidine groups is 1. The average Bonchev–Trinajstić information content (AvgIpc) is 2.46. The molecule has 1 aromatic rings. The molecule has 1 aromatic carbocycles. The predicted octanol–water partition coefficient (Wildman–Crippen LogP) is 4.12. The van der Waals surface area contributed by atoms with E-state index in [4.69, 9.17) is 5.73 Å². The average molecular weight is 464 g/mol. The van der Waals surface area contributed by atoms with Crippen molar-refractivity contribution < 1.29 is 4.39 Å². The first kappa shape index (κ1) is 24.1. The number of hydrogen-bond acceptors (Lipinski definition) is 2. The maximum absolute atomic E-state index is 14.0. The van der Waals surface area contributed by atoms with Crippen LogP contribution in [0.15, 0.2) is 23.2 Å². The zero-order valence-corrected chi connectivity index (χ0v) is 18.5. The van der Waals surface area contributed by atoms with Crippen LogP contribution in [0, 0.1) is 11.7 Å². The molecule has 4 nitrogen and oxygen atoms in total. The summed E-state index contributed by atoms with van der Waals surface area (Å²) in [5, 5.41) is 3.20. The van der Waals surface area contributed by atoms with E-state index in [1.54, 1.807) is 6.07 Å². The van der Waals surface area contributed by atoms with Crippen molar-refractivity contribution in [3.05, 3.63) is 35.1 Å². The number of benzene rings is 1. The Bertz CT molecular complexity index is 532. The van der Waals surface area contributed by atoms with Gasteiger partial charge in [-0.3, -0.25) is 0 Å². The second-order valence-corrected chi connectivity index (χ2v) is 7.24. The van der Waals surface area contributed by atoms with Crippen LogP contribution < -0.4 is 11.1 Å². The standard InChI is InChI=1S/C19H33FN4.HI/c1-14(2)7-6-8-15(3)23-19(21)22-12-16-9-10-17(13-24(4)5)18(20)11-16;/h9-11,14-15H,6-8,12-13H2,1-5H3,(H3,21,22,23);1H. The molecule has 0 fully saturated rings. The minimum Gasteiger partial charge on any atom is -0.370 e. The predicted molar refractivity (Wildman–Crippen MR) is 116 cm³/mol. The monoisotopic (exact) mass is 464 g/mol. The van der Waals surface area contributed by atoms with E-state index in [-0.39, 0.29) is 29.8 Å². The van der Waals surface area contributed by atoms with Crippen LogP contribution in [0.1, 0.15) is 51.2 Å². The molecule has 1 rings (SSSR count). The van der Waals surface area contributed by atoms with Crippen molar-refractivity contribution >= 4 is 29.9 Å². The second kappa shape index (κ2) is 12.5. The van der Waals surface area contributed by atoms with Crippen LogP contribution in [0.25, 0.3) is 0 Å². The van der Waals surface area contributed by atoms with E-state index < -0.39 is 0 Å². The molecule has 0 amide bonds. The van der Waals surface area contributed by atoms with Crippen LogP contribution >= 0.6 is 24.0 Å². The molecule has 0 aromatic heterocycles. The van der Waals surface area contributed by atoms with Crippen molar-refractivity contribution in [1.82, 2.24) is 10.2 Å². The first-order chi connectivity index (χ1) is 11.3. The van der Waals surface area contributed by atoms with Crippen LogP contribution in [-0.2, 0) is 13.1 Å². The Kier molecular flexibility index (Phi) is 12.0. The van der Waals surface area contributed by atoms with E-state index in [2.05, 4.69) is 31.1 Å². The summed E-state index contributed by atoms with van der Waals surface area (Å²) in [7, 11) is 3.85. The van der Waals surface area contributed by atoms with Crippen LogP contribution in [0.4, 0.5) is 4.39 Å². The number of halogens is 2. The fourth-order valence-electron chi connectivity index (χ4n) is 2.54. The number of nitrogens with two attached hydrogens (primary N) is 1. The SMILES string of the molecule is CC(C)CCCC(C)NC(N)=NCc1ccc(CN(C)C)c(F)c1.I. The molecule has 1 unspecified atom stereocenters. The summed E-state index contributed by atoms with van der Waals surface area (Å²) in [6.07, 6.45) is 3.47. The van der Waals surface area contributed by atoms with Gasteiger partial charge in [0.1, 0.15) is 5.82 Å². The Morgan fingerprint density at radius 1 is 1.24 bits per heavy atom. The molecule has 0 aliphatic heterocycles. The molecule has 3 N–H and O–H groups in total. The van der Waals surface area contributed by atoms with Gasteiger partial charge in [0.25, 0.3) is 0 Å². The largest absolute Gasteiger partial charge is 0.370 e. The highest BCUT2D eigenvalue weighted by Crippen LogP contribution is 2.13. The van der Waals surface area contributed by atoms with E-state index in [0.717, 1.165) is 17.9 Å². The Morgan fingerprint density at radius 2 is 1.92 bits per heavy atom. The highest BCUT2D eigenvalue weighted by molar-refractivity contribution is 14.0. The number of aliphatic imine (C=N–C) groups is 1. The van der Waals surface area contributed by atoms with Crippen LogP contribution in [0.5, 0.6) is 0 Å². The molecule has 0 spiro atoms. The normalized spacial score (nSPS) is 13.0. The van der Waals surface area contributed by atoms with Gasteiger partial charge < -0.3 is 16.0 Å². The van der Waals surface area contributed by atoms with Gasteiger partial charge in [0.15, 0.2) is 5.96 Å². The van der Waals surface area contributed by atoms with Gasteiger partial charge in [0, 0.05) is 18.2 Å². The van der Waals surface area contributed by atoms with Crippen LogP contribution in [0.2, 0.25) is 0 Å². The van der Waals surface area contributed by atoms with Gasteiger partial charge in [-0.2, -0.15) is 0 Å². The van der Waals surface area contributed by atoms with E-state index in [1.807, 2.05) is 31.1 Å². The van der Waals surface area contributed by atoms with Gasteiger partial charge in [0.05, 0.1) is 6.54 Å². The van der Waals surface area contributed by atoms with Crippen molar-refractivity contribution in [2.45, 2.75) is 59.2 Å². The quantitative estimate of drug-likeness (QED) is 0.329. The van der Waals surface area contributed by atoms with Gasteiger partial charge in [0.2, 0.25) is 0 Å². The molecule has 0 heterocycles. The summed E-state index contributed by atoms with van der Waals surface area (Å²) >= 11 is 0. The maximum Gasteiger partial charge on any atom is 0.189 e. The van der Waals surface area contributed by atoms with Crippen molar-refractivity contribution in [2.24, 2.45) is 16.6 Å². The zero-order valence-electron chi connectivity index (χ0n) is 16.2. The molecule has 1 atom stereocenters. The Balaban J connectivity index is 0.00000576. The van der Waals surface area contributed by atoms with Gasteiger partial charge in [-0.25, -0.2) is 9.38 Å². The fourth-order valence-corrected chi connectivity index (χ4v) is 2.54. The molecular formula is C19H34FIN4. The third-order valence-corrected chi connectivity index (χ3v) is 3.85. The lowest BCUT2D eigenvalue weighted by molar-refractivity contribution is 0.392. The molecule has 0 aliphatic carbocycles. The Hall–Kier alpha value is -0.890. The van der Waals surface area contributed by atoms with Gasteiger partial charge in [-0.05, 0) is 45.0 Å². The topological polar surface area (TPSA) is 53.6 Å². The fraction of sp³-hybridized carbons (Fsp3) is 0.632. The first-order valence-corrected chi connectivity index (χ1v) is 8.76. The molecular weight excluding hydrogens is 430 g/mol. The Labute approximate surface area is 169 Å². The van der Waals surface area contributed by atoms with Crippen LogP contribution in [0.3, 0.4) is 0 Å². The van der Waals surface area contributed by atoms with Crippen molar-refractivity contribution in [2.75, 3.05) is 14.1 Å². The van der Waals surface area contributed by atoms with E-state index in [1.165, 1.54) is 12.8 Å². The van der Waals surface area contributed by atoms with E-state index in [0.29, 0.717) is 30.7 Å². The molecule has 6 heteroatoms. The second-order valence-electron chi connectivity index (χ2n) is 7.24. The Morgan fingerprint density at radius 3 is 2.48 bits per heavy atom. The highest BCUT2D eigenvalue weighted by atomic mass is 127. The number of nitrogens with zero attached hydrogens (tertiary/aromatic N) is 2. The lowest BCUT2D eigenvalue weighted by Gasteiger charge is -2.15. The minimum atomic E-state index is -0.190. The third kappa shape index (κ3) is 10.6. The van der Waals surface area contributed by atoms with Crippen LogP contribution in [-0.4, -0.2) is 31.0 Å². The molecule has 0 aliphatic rings. The summed E-state index contributed by atoms with van der Waals surface area (Å²) in [6.45, 7) is 7.55. The smallest absolute Gasteiger partial charge is 0.189 e. The lowest BCUT2D eigenvalue weighted by Crippen LogP contribution is -2.38. The van der Waals surface area contributed by atoms with Crippen molar-refractivity contribution in [3.8, 4) is 0 Å².